The molecule has 2 aromatic rings. The van der Waals surface area contributed by atoms with Gasteiger partial charge in [-0.15, -0.1) is 0 Å². The van der Waals surface area contributed by atoms with Gasteiger partial charge in [0.2, 0.25) is 0 Å². The number of nitrogens with zero attached hydrogens (tertiary/aromatic N) is 2. The molecule has 1 aliphatic rings. The summed E-state index contributed by atoms with van der Waals surface area (Å²) in [5.41, 5.74) is 0.616. The van der Waals surface area contributed by atoms with Crippen molar-refractivity contribution < 1.29 is 9.53 Å². The van der Waals surface area contributed by atoms with Gasteiger partial charge in [-0.05, 0) is 25.0 Å². The molecule has 126 valence electrons. The molecule has 0 spiro atoms. The summed E-state index contributed by atoms with van der Waals surface area (Å²) in [7, 11) is 0. The van der Waals surface area contributed by atoms with Crippen LogP contribution < -0.4 is 10.6 Å². The molecule has 6 nitrogen and oxygen atoms in total. The molecular weight excluding hydrogens is 351 g/mol. The zero-order valence-electron chi connectivity index (χ0n) is 12.8. The lowest BCUT2D eigenvalue weighted by molar-refractivity contribution is 0.102. The number of hydrogen-bond donors (Lipinski definition) is 2. The van der Waals surface area contributed by atoms with Crippen molar-refractivity contribution in [2.75, 3.05) is 23.8 Å². The van der Waals surface area contributed by atoms with Crippen molar-refractivity contribution in [3.05, 3.63) is 46.3 Å². The van der Waals surface area contributed by atoms with Gasteiger partial charge in [0.1, 0.15) is 11.5 Å². The van der Waals surface area contributed by atoms with Crippen LogP contribution in [0.5, 0.6) is 0 Å². The van der Waals surface area contributed by atoms with Crippen LogP contribution in [0.3, 0.4) is 0 Å². The predicted molar refractivity (Wildman–Crippen MR) is 93.9 cm³/mol. The summed E-state index contributed by atoms with van der Waals surface area (Å²) in [4.78, 5) is 20.5. The van der Waals surface area contributed by atoms with Gasteiger partial charge >= 0.3 is 0 Å². The standard InChI is InChI=1S/C16H16Cl2N4O2/c17-11-4-1-5-12(15(11)18)22-16(23)13-8-21-14(9-19-13)20-7-10-3-2-6-24-10/h1,4-5,8-10H,2-3,6-7H2,(H,20,21)(H,22,23). The summed E-state index contributed by atoms with van der Waals surface area (Å²) in [5.74, 6) is 0.195. The SMILES string of the molecule is O=C(Nc1cccc(Cl)c1Cl)c1cnc(NCC2CCCO2)cn1. The summed E-state index contributed by atoms with van der Waals surface area (Å²) in [6, 6.07) is 5.01. The number of nitrogens with one attached hydrogen (secondary N) is 2. The number of ether oxygens (including phenoxy) is 1. The molecule has 1 unspecified atom stereocenters. The third-order valence-electron chi connectivity index (χ3n) is 3.62. The Balaban J connectivity index is 1.60. The molecule has 3 rings (SSSR count). The van der Waals surface area contributed by atoms with Crippen LogP contribution in [-0.4, -0.2) is 35.1 Å². The number of halogens is 2. The van der Waals surface area contributed by atoms with Crippen molar-refractivity contribution >= 4 is 40.6 Å². The molecule has 0 aliphatic carbocycles. The van der Waals surface area contributed by atoms with Crippen molar-refractivity contribution in [1.29, 1.82) is 0 Å². The molecule has 1 aromatic heterocycles. The molecule has 2 heterocycles. The lowest BCUT2D eigenvalue weighted by Crippen LogP contribution is -2.19. The summed E-state index contributed by atoms with van der Waals surface area (Å²) in [6.07, 6.45) is 5.26. The van der Waals surface area contributed by atoms with E-state index in [1.807, 2.05) is 0 Å². The first-order valence-electron chi connectivity index (χ1n) is 7.56. The molecule has 1 saturated heterocycles. The van der Waals surface area contributed by atoms with E-state index in [-0.39, 0.29) is 16.8 Å². The fraction of sp³-hybridized carbons (Fsp3) is 0.312. The van der Waals surface area contributed by atoms with E-state index >= 15 is 0 Å². The number of carbonyl (C=O) groups excluding carboxylic acids is 1. The summed E-state index contributed by atoms with van der Waals surface area (Å²) in [5, 5.41) is 6.47. The fourth-order valence-electron chi connectivity index (χ4n) is 2.35. The van der Waals surface area contributed by atoms with Crippen molar-refractivity contribution in [3.8, 4) is 0 Å². The first kappa shape index (κ1) is 17.0. The average Bonchev–Trinajstić information content (AvgIpc) is 3.11. The van der Waals surface area contributed by atoms with Crippen LogP contribution >= 0.6 is 23.2 Å². The zero-order valence-corrected chi connectivity index (χ0v) is 14.3. The van der Waals surface area contributed by atoms with Crippen molar-refractivity contribution in [1.82, 2.24) is 9.97 Å². The lowest BCUT2D eigenvalue weighted by Gasteiger charge is -2.11. The second-order valence-corrected chi connectivity index (χ2v) is 6.14. The van der Waals surface area contributed by atoms with Crippen molar-refractivity contribution in [2.45, 2.75) is 18.9 Å². The third-order valence-corrected chi connectivity index (χ3v) is 4.44. The van der Waals surface area contributed by atoms with Gasteiger partial charge in [0.25, 0.3) is 5.91 Å². The number of aromatic nitrogens is 2. The maximum atomic E-state index is 12.2. The molecule has 2 N–H and O–H groups in total. The highest BCUT2D eigenvalue weighted by atomic mass is 35.5. The number of hydrogen-bond acceptors (Lipinski definition) is 5. The smallest absolute Gasteiger partial charge is 0.275 e. The Morgan fingerprint density at radius 3 is 2.88 bits per heavy atom. The second-order valence-electron chi connectivity index (χ2n) is 5.36. The highest BCUT2D eigenvalue weighted by Crippen LogP contribution is 2.29. The Labute approximate surface area is 149 Å². The monoisotopic (exact) mass is 366 g/mol. The van der Waals surface area contributed by atoms with Gasteiger partial charge in [0, 0.05) is 13.2 Å². The van der Waals surface area contributed by atoms with Crippen LogP contribution in [0, 0.1) is 0 Å². The molecule has 0 radical (unpaired) electrons. The van der Waals surface area contributed by atoms with E-state index in [1.54, 1.807) is 18.2 Å². The molecular formula is C16H16Cl2N4O2. The van der Waals surface area contributed by atoms with E-state index in [1.165, 1.54) is 12.4 Å². The summed E-state index contributed by atoms with van der Waals surface area (Å²) >= 11 is 12.0. The molecule has 0 saturated carbocycles. The van der Waals surface area contributed by atoms with Gasteiger partial charge in [-0.1, -0.05) is 29.3 Å². The highest BCUT2D eigenvalue weighted by Gasteiger charge is 2.16. The van der Waals surface area contributed by atoms with Gasteiger partial charge in [-0.25, -0.2) is 9.97 Å². The number of amides is 1. The van der Waals surface area contributed by atoms with Gasteiger partial charge < -0.3 is 15.4 Å². The molecule has 24 heavy (non-hydrogen) atoms. The maximum absolute atomic E-state index is 12.2. The topological polar surface area (TPSA) is 76.1 Å². The second kappa shape index (κ2) is 7.79. The number of benzene rings is 1. The first-order chi connectivity index (χ1) is 11.6. The van der Waals surface area contributed by atoms with E-state index < -0.39 is 5.91 Å². The van der Waals surface area contributed by atoms with Crippen LogP contribution in [0.15, 0.2) is 30.6 Å². The quantitative estimate of drug-likeness (QED) is 0.844. The fourth-order valence-corrected chi connectivity index (χ4v) is 2.69. The zero-order chi connectivity index (χ0) is 16.9. The van der Waals surface area contributed by atoms with Gasteiger partial charge in [-0.2, -0.15) is 0 Å². The van der Waals surface area contributed by atoms with Gasteiger partial charge in [-0.3, -0.25) is 4.79 Å². The minimum absolute atomic E-state index is 0.189. The molecule has 1 fully saturated rings. The maximum Gasteiger partial charge on any atom is 0.275 e. The molecule has 1 amide bonds. The highest BCUT2D eigenvalue weighted by molar-refractivity contribution is 6.44. The largest absolute Gasteiger partial charge is 0.376 e. The van der Waals surface area contributed by atoms with Crippen LogP contribution in [-0.2, 0) is 4.74 Å². The lowest BCUT2D eigenvalue weighted by atomic mass is 10.2. The van der Waals surface area contributed by atoms with E-state index in [4.69, 9.17) is 27.9 Å². The van der Waals surface area contributed by atoms with E-state index in [0.29, 0.717) is 23.1 Å². The van der Waals surface area contributed by atoms with Crippen LogP contribution in [0.1, 0.15) is 23.3 Å². The van der Waals surface area contributed by atoms with Gasteiger partial charge in [0.05, 0.1) is 34.2 Å². The number of carbonyl (C=O) groups is 1. The third kappa shape index (κ3) is 4.14. The van der Waals surface area contributed by atoms with E-state index in [2.05, 4.69) is 20.6 Å². The first-order valence-corrected chi connectivity index (χ1v) is 8.32. The minimum Gasteiger partial charge on any atom is -0.376 e. The average molecular weight is 367 g/mol. The number of rotatable bonds is 5. The van der Waals surface area contributed by atoms with Crippen LogP contribution in [0.2, 0.25) is 10.0 Å². The van der Waals surface area contributed by atoms with E-state index in [9.17, 15) is 4.79 Å². The summed E-state index contributed by atoms with van der Waals surface area (Å²) < 4.78 is 5.53. The Bertz CT molecular complexity index is 719. The predicted octanol–water partition coefficient (Wildman–Crippen LogP) is 3.63. The van der Waals surface area contributed by atoms with E-state index in [0.717, 1.165) is 19.4 Å². The van der Waals surface area contributed by atoms with Crippen LogP contribution in [0.4, 0.5) is 11.5 Å². The van der Waals surface area contributed by atoms with Crippen LogP contribution in [0.25, 0.3) is 0 Å². The molecule has 1 atom stereocenters. The van der Waals surface area contributed by atoms with Crippen molar-refractivity contribution in [2.24, 2.45) is 0 Å². The Morgan fingerprint density at radius 1 is 1.29 bits per heavy atom. The number of anilines is 2. The molecule has 0 bridgehead atoms. The van der Waals surface area contributed by atoms with Crippen molar-refractivity contribution in [3.63, 3.8) is 0 Å². The Morgan fingerprint density at radius 2 is 2.17 bits per heavy atom. The molecule has 1 aliphatic heterocycles. The normalized spacial score (nSPS) is 16.8. The van der Waals surface area contributed by atoms with Gasteiger partial charge in [0.15, 0.2) is 0 Å². The minimum atomic E-state index is -0.405. The summed E-state index contributed by atoms with van der Waals surface area (Å²) in [6.45, 7) is 1.49. The Kier molecular flexibility index (Phi) is 5.50. The molecule has 1 aromatic carbocycles. The molecule has 8 heteroatoms. The Hall–Kier alpha value is -1.89.